The van der Waals surface area contributed by atoms with Gasteiger partial charge in [0.1, 0.15) is 11.3 Å². The predicted molar refractivity (Wildman–Crippen MR) is 89.8 cm³/mol. The van der Waals surface area contributed by atoms with Crippen LogP contribution >= 0.6 is 12.2 Å². The third-order valence-corrected chi connectivity index (χ3v) is 4.06. The number of rotatable bonds is 4. The van der Waals surface area contributed by atoms with Crippen LogP contribution in [-0.2, 0) is 9.59 Å². The van der Waals surface area contributed by atoms with Crippen molar-refractivity contribution >= 4 is 40.9 Å². The number of carbonyl (C=O) groups excluding carboxylic acids is 2. The van der Waals surface area contributed by atoms with Gasteiger partial charge in [0, 0.05) is 25.9 Å². The standard InChI is InChI=1S/C15H15N3O6S/c1-4-24-11-7-8(6-10(12(11)19)18(22)23)5-9-13(20)16(2)15(25)17(3)14(9)21/h5-7,19H,4H2,1-3H3/p-1. The summed E-state index contributed by atoms with van der Waals surface area (Å²) < 4.78 is 5.11. The molecule has 0 aliphatic carbocycles. The Bertz CT molecular complexity index is 794. The molecule has 2 rings (SSSR count). The lowest BCUT2D eigenvalue weighted by Gasteiger charge is -2.31. The summed E-state index contributed by atoms with van der Waals surface area (Å²) in [6.07, 6.45) is 1.17. The molecule has 25 heavy (non-hydrogen) atoms. The zero-order valence-electron chi connectivity index (χ0n) is 13.6. The van der Waals surface area contributed by atoms with E-state index >= 15 is 0 Å². The number of nitro benzene ring substituents is 1. The molecular weight excluding hydrogens is 350 g/mol. The van der Waals surface area contributed by atoms with Gasteiger partial charge in [-0.1, -0.05) is 0 Å². The number of likely N-dealkylation sites (N-methyl/N-ethyl adjacent to an activating group) is 2. The third kappa shape index (κ3) is 3.29. The van der Waals surface area contributed by atoms with E-state index in [1.165, 1.54) is 26.2 Å². The number of ether oxygens (including phenoxy) is 1. The Morgan fingerprint density at radius 2 is 1.80 bits per heavy atom. The fraction of sp³-hybridized carbons (Fsp3) is 0.267. The van der Waals surface area contributed by atoms with Gasteiger partial charge in [0.15, 0.2) is 5.11 Å². The van der Waals surface area contributed by atoms with Gasteiger partial charge in [-0.3, -0.25) is 29.5 Å². The van der Waals surface area contributed by atoms with E-state index in [1.807, 2.05) is 0 Å². The lowest BCUT2D eigenvalue weighted by Crippen LogP contribution is -2.52. The van der Waals surface area contributed by atoms with Crippen LogP contribution in [0.5, 0.6) is 11.5 Å². The summed E-state index contributed by atoms with van der Waals surface area (Å²) >= 11 is 4.98. The van der Waals surface area contributed by atoms with Crippen LogP contribution in [0.2, 0.25) is 0 Å². The fourth-order valence-corrected chi connectivity index (χ4v) is 2.40. The van der Waals surface area contributed by atoms with Crippen LogP contribution in [0.15, 0.2) is 17.7 Å². The summed E-state index contributed by atoms with van der Waals surface area (Å²) in [5.74, 6) is -2.37. The molecule has 1 aromatic rings. The minimum absolute atomic E-state index is 0.0445. The van der Waals surface area contributed by atoms with Gasteiger partial charge in [-0.05, 0) is 36.8 Å². The van der Waals surface area contributed by atoms with E-state index in [0.29, 0.717) is 0 Å². The van der Waals surface area contributed by atoms with Crippen LogP contribution in [-0.4, -0.2) is 52.4 Å². The smallest absolute Gasteiger partial charge is 0.266 e. The van der Waals surface area contributed by atoms with Crippen molar-refractivity contribution in [2.75, 3.05) is 20.7 Å². The Labute approximate surface area is 148 Å². The zero-order valence-corrected chi connectivity index (χ0v) is 14.5. The average Bonchev–Trinajstić information content (AvgIpc) is 2.57. The van der Waals surface area contributed by atoms with E-state index in [2.05, 4.69) is 0 Å². The average molecular weight is 364 g/mol. The summed E-state index contributed by atoms with van der Waals surface area (Å²) in [7, 11) is 2.83. The second-order valence-corrected chi connectivity index (χ2v) is 5.49. The van der Waals surface area contributed by atoms with Crippen LogP contribution in [0.3, 0.4) is 0 Å². The van der Waals surface area contributed by atoms with Gasteiger partial charge in [-0.25, -0.2) is 0 Å². The highest BCUT2D eigenvalue weighted by atomic mass is 32.1. The first kappa shape index (κ1) is 18.3. The van der Waals surface area contributed by atoms with Crippen molar-refractivity contribution in [1.82, 2.24) is 9.80 Å². The van der Waals surface area contributed by atoms with Crippen molar-refractivity contribution in [3.05, 3.63) is 33.4 Å². The summed E-state index contributed by atoms with van der Waals surface area (Å²) in [4.78, 5) is 37.0. The fourth-order valence-electron chi connectivity index (χ4n) is 2.23. The second-order valence-electron chi connectivity index (χ2n) is 5.13. The molecule has 1 aliphatic heterocycles. The van der Waals surface area contributed by atoms with Crippen molar-refractivity contribution in [2.45, 2.75) is 6.92 Å². The number of benzene rings is 1. The predicted octanol–water partition coefficient (Wildman–Crippen LogP) is 0.666. The monoisotopic (exact) mass is 364 g/mol. The highest BCUT2D eigenvalue weighted by molar-refractivity contribution is 7.80. The van der Waals surface area contributed by atoms with Crippen molar-refractivity contribution in [2.24, 2.45) is 0 Å². The molecule has 2 amide bonds. The minimum atomic E-state index is -0.870. The van der Waals surface area contributed by atoms with Crippen LogP contribution in [0.25, 0.3) is 6.08 Å². The summed E-state index contributed by atoms with van der Waals surface area (Å²) in [6, 6.07) is 2.24. The van der Waals surface area contributed by atoms with Crippen LogP contribution in [0, 0.1) is 10.1 Å². The Morgan fingerprint density at radius 1 is 1.24 bits per heavy atom. The van der Waals surface area contributed by atoms with Crippen LogP contribution in [0.4, 0.5) is 5.69 Å². The molecule has 132 valence electrons. The molecule has 1 aromatic carbocycles. The Kier molecular flexibility index (Phi) is 5.02. The van der Waals surface area contributed by atoms with Gasteiger partial charge in [0.2, 0.25) is 0 Å². The van der Waals surface area contributed by atoms with Gasteiger partial charge in [-0.15, -0.1) is 0 Å². The zero-order chi connectivity index (χ0) is 18.9. The molecule has 0 unspecified atom stereocenters. The molecule has 0 bridgehead atoms. The first-order chi connectivity index (χ1) is 11.7. The Morgan fingerprint density at radius 3 is 2.28 bits per heavy atom. The summed E-state index contributed by atoms with van der Waals surface area (Å²) in [5.41, 5.74) is -0.805. The minimum Gasteiger partial charge on any atom is -0.865 e. The summed E-state index contributed by atoms with van der Waals surface area (Å²) in [6.45, 7) is 1.75. The second kappa shape index (κ2) is 6.85. The molecule has 1 saturated heterocycles. The first-order valence-electron chi connectivity index (χ1n) is 7.13. The number of nitrogens with zero attached hydrogens (tertiary/aromatic N) is 3. The number of nitro groups is 1. The lowest BCUT2D eigenvalue weighted by atomic mass is 10.1. The Balaban J connectivity index is 2.59. The van der Waals surface area contributed by atoms with Crippen LogP contribution in [0.1, 0.15) is 12.5 Å². The van der Waals surface area contributed by atoms with E-state index in [0.717, 1.165) is 15.9 Å². The van der Waals surface area contributed by atoms with Gasteiger partial charge < -0.3 is 9.84 Å². The van der Waals surface area contributed by atoms with E-state index in [9.17, 15) is 24.8 Å². The quantitative estimate of drug-likeness (QED) is 0.253. The molecule has 1 fully saturated rings. The molecule has 0 atom stereocenters. The van der Waals surface area contributed by atoms with E-state index in [-0.39, 0.29) is 28.6 Å². The number of hydrogen-bond donors (Lipinski definition) is 0. The molecule has 0 saturated carbocycles. The SMILES string of the molecule is CCOc1cc(C=C2C(=O)N(C)C(=S)N(C)C2=O)cc([N+](=O)[O-])c1[O-]. The van der Waals surface area contributed by atoms with Crippen molar-refractivity contribution in [3.63, 3.8) is 0 Å². The van der Waals surface area contributed by atoms with Gasteiger partial charge in [0.05, 0.1) is 11.5 Å². The van der Waals surface area contributed by atoms with Crippen LogP contribution < -0.4 is 9.84 Å². The van der Waals surface area contributed by atoms with E-state index in [1.54, 1.807) is 6.92 Å². The first-order valence-corrected chi connectivity index (χ1v) is 7.53. The van der Waals surface area contributed by atoms with E-state index < -0.39 is 28.2 Å². The van der Waals surface area contributed by atoms with E-state index in [4.69, 9.17) is 17.0 Å². The highest BCUT2D eigenvalue weighted by Crippen LogP contribution is 2.35. The summed E-state index contributed by atoms with van der Waals surface area (Å²) in [5, 5.41) is 23.1. The topological polar surface area (TPSA) is 116 Å². The maximum atomic E-state index is 12.3. The lowest BCUT2D eigenvalue weighted by molar-refractivity contribution is -0.398. The van der Waals surface area contributed by atoms with Crippen molar-refractivity contribution in [3.8, 4) is 11.5 Å². The van der Waals surface area contributed by atoms with Gasteiger partial charge >= 0.3 is 0 Å². The van der Waals surface area contributed by atoms with Crippen molar-refractivity contribution in [1.29, 1.82) is 0 Å². The molecule has 0 aromatic heterocycles. The molecule has 0 spiro atoms. The Hall–Kier alpha value is -3.01. The maximum absolute atomic E-state index is 12.3. The van der Waals surface area contributed by atoms with Gasteiger partial charge in [0.25, 0.3) is 17.5 Å². The molecule has 1 heterocycles. The molecule has 0 N–H and O–H groups in total. The van der Waals surface area contributed by atoms with Gasteiger partial charge in [-0.2, -0.15) is 0 Å². The third-order valence-electron chi connectivity index (χ3n) is 3.51. The highest BCUT2D eigenvalue weighted by Gasteiger charge is 2.35. The molecule has 9 nitrogen and oxygen atoms in total. The van der Waals surface area contributed by atoms with Crippen molar-refractivity contribution < 1.29 is 24.4 Å². The molecule has 1 aliphatic rings. The number of carbonyl (C=O) groups is 2. The maximum Gasteiger partial charge on any atom is 0.266 e. The number of amides is 2. The molecular formula is C15H14N3O6S-. The normalized spacial score (nSPS) is 14.8. The largest absolute Gasteiger partial charge is 0.865 e. The number of hydrogen-bond acceptors (Lipinski definition) is 7. The molecule has 0 radical (unpaired) electrons. The number of thiocarbonyl (C=S) groups is 1. The molecule has 10 heteroatoms.